The number of quaternary nitrogens is 1. The van der Waals surface area contributed by atoms with Crippen LogP contribution in [-0.4, -0.2) is 30.6 Å². The number of hydrogen-bond donors (Lipinski definition) is 2. The van der Waals surface area contributed by atoms with Crippen LogP contribution in [0.1, 0.15) is 10.6 Å². The summed E-state index contributed by atoms with van der Waals surface area (Å²) in [6.07, 6.45) is 1.71. The van der Waals surface area contributed by atoms with Crippen molar-refractivity contribution in [2.24, 2.45) is 5.10 Å². The Morgan fingerprint density at radius 1 is 1.37 bits per heavy atom. The van der Waals surface area contributed by atoms with Gasteiger partial charge in [0.2, 0.25) is 0 Å². The Morgan fingerprint density at radius 3 is 2.63 bits per heavy atom. The van der Waals surface area contributed by atoms with Crippen LogP contribution in [0.2, 0.25) is 0 Å². The highest BCUT2D eigenvalue weighted by Gasteiger charge is 2.16. The quantitative estimate of drug-likeness (QED) is 0.487. The van der Waals surface area contributed by atoms with Crippen LogP contribution in [0, 0.1) is 5.41 Å². The molecule has 2 rings (SSSR count). The first-order valence-electron chi connectivity index (χ1n) is 5.75. The zero-order valence-electron chi connectivity index (χ0n) is 10.8. The third-order valence-corrected chi connectivity index (χ3v) is 3.29. The van der Waals surface area contributed by atoms with Crippen LogP contribution >= 0.6 is 11.3 Å². The molecule has 0 aliphatic carbocycles. The van der Waals surface area contributed by atoms with E-state index in [9.17, 15) is 0 Å². The van der Waals surface area contributed by atoms with E-state index in [2.05, 4.69) is 10.1 Å². The van der Waals surface area contributed by atoms with Crippen LogP contribution in [0.3, 0.4) is 0 Å². The molecule has 98 valence electrons. The molecule has 1 aromatic heterocycles. The van der Waals surface area contributed by atoms with E-state index in [4.69, 9.17) is 10.1 Å². The van der Waals surface area contributed by atoms with Gasteiger partial charge in [-0.15, -0.1) is 11.3 Å². The molecule has 0 fully saturated rings. The molecule has 0 aliphatic rings. The average Bonchev–Trinajstić information content (AvgIpc) is 2.98. The van der Waals surface area contributed by atoms with Crippen molar-refractivity contribution in [3.8, 4) is 5.75 Å². The molecule has 0 bridgehead atoms. The molecule has 5 nitrogen and oxygen atoms in total. The van der Waals surface area contributed by atoms with Crippen molar-refractivity contribution in [3.63, 3.8) is 0 Å². The van der Waals surface area contributed by atoms with Gasteiger partial charge in [-0.05, 0) is 24.3 Å². The molecule has 0 amide bonds. The predicted octanol–water partition coefficient (Wildman–Crippen LogP) is 1.12. The van der Waals surface area contributed by atoms with Gasteiger partial charge in [0.05, 0.1) is 19.9 Å². The number of thiazole rings is 1. The summed E-state index contributed by atoms with van der Waals surface area (Å²) in [5.41, 5.74) is 3.41. The fourth-order valence-corrected chi connectivity index (χ4v) is 2.23. The summed E-state index contributed by atoms with van der Waals surface area (Å²) >= 11 is 1.47. The van der Waals surface area contributed by atoms with E-state index in [-0.39, 0.29) is 0 Å². The maximum absolute atomic E-state index is 8.27. The van der Waals surface area contributed by atoms with Crippen molar-refractivity contribution < 1.29 is 10.2 Å². The summed E-state index contributed by atoms with van der Waals surface area (Å²) in [4.78, 5) is 4.22. The van der Waals surface area contributed by atoms with E-state index in [0.717, 1.165) is 16.3 Å². The highest BCUT2D eigenvalue weighted by atomic mass is 32.1. The minimum absolute atomic E-state index is 0.357. The molecule has 0 aliphatic heterocycles. The molecule has 0 spiro atoms. The highest BCUT2D eigenvalue weighted by Crippen LogP contribution is 2.15. The molecular weight excluding hydrogens is 260 g/mol. The number of methoxy groups -OCH3 is 1. The van der Waals surface area contributed by atoms with Gasteiger partial charge in [-0.1, -0.05) is 5.10 Å². The van der Waals surface area contributed by atoms with Crippen LogP contribution in [0.25, 0.3) is 0 Å². The number of nitrogens with one attached hydrogen (secondary N) is 1. The Balaban J connectivity index is 2.32. The van der Waals surface area contributed by atoms with Gasteiger partial charge in [0, 0.05) is 17.1 Å². The highest BCUT2D eigenvalue weighted by molar-refractivity contribution is 7.12. The van der Waals surface area contributed by atoms with Gasteiger partial charge in [-0.2, -0.15) is 0 Å². The lowest BCUT2D eigenvalue weighted by Crippen LogP contribution is -2.73. The monoisotopic (exact) mass is 275 g/mol. The van der Waals surface area contributed by atoms with Crippen LogP contribution in [0.5, 0.6) is 5.75 Å². The molecule has 0 saturated carbocycles. The first-order valence-corrected chi connectivity index (χ1v) is 6.63. The second-order valence-electron chi connectivity index (χ2n) is 3.68. The molecule has 19 heavy (non-hydrogen) atoms. The topological polar surface area (TPSA) is 74.9 Å². The number of rotatable bonds is 5. The lowest BCUT2D eigenvalue weighted by Gasteiger charge is -2.05. The number of ether oxygens (including phenoxy) is 1. The summed E-state index contributed by atoms with van der Waals surface area (Å²) in [6.45, 7) is 0. The standard InChI is InChI=1S/C13H14N4OS/c1-15-17-12(13-16-7-8-19-13)11(14)9-3-5-10(18-2)6-4-9/h3-8,14-15H,1-2H3/p+1/b14-11?,17-12+. The zero-order chi connectivity index (χ0) is 13.7. The molecule has 6 heteroatoms. The Morgan fingerprint density at radius 2 is 2.11 bits per heavy atom. The summed E-state index contributed by atoms with van der Waals surface area (Å²) < 4.78 is 5.11. The third-order valence-electron chi connectivity index (χ3n) is 2.51. The van der Waals surface area contributed by atoms with Crippen LogP contribution in [-0.2, 0) is 0 Å². The average molecular weight is 275 g/mol. The summed E-state index contributed by atoms with van der Waals surface area (Å²) in [7, 11) is 3.45. The largest absolute Gasteiger partial charge is 0.497 e. The molecule has 0 unspecified atom stereocenters. The van der Waals surface area contributed by atoms with Crippen molar-refractivity contribution in [2.45, 2.75) is 0 Å². The maximum Gasteiger partial charge on any atom is 0.179 e. The number of benzene rings is 1. The second-order valence-corrected chi connectivity index (χ2v) is 4.57. The Kier molecular flexibility index (Phi) is 4.38. The van der Waals surface area contributed by atoms with Crippen LogP contribution in [0.15, 0.2) is 40.9 Å². The van der Waals surface area contributed by atoms with Crippen molar-refractivity contribution in [3.05, 3.63) is 46.4 Å². The van der Waals surface area contributed by atoms with Crippen molar-refractivity contribution in [1.82, 2.24) is 4.98 Å². The van der Waals surface area contributed by atoms with Gasteiger partial charge in [0.25, 0.3) is 0 Å². The molecule has 1 aromatic carbocycles. The van der Waals surface area contributed by atoms with E-state index >= 15 is 0 Å². The SMILES string of the molecule is C[NH2+]/N=C(\C(=N)c1ccc(OC)cc1)c1nccs1. The summed E-state index contributed by atoms with van der Waals surface area (Å²) in [6, 6.07) is 7.36. The lowest BCUT2D eigenvalue weighted by molar-refractivity contribution is -0.633. The van der Waals surface area contributed by atoms with E-state index in [0.29, 0.717) is 11.4 Å². The van der Waals surface area contributed by atoms with Gasteiger partial charge >= 0.3 is 0 Å². The van der Waals surface area contributed by atoms with Gasteiger partial charge < -0.3 is 4.74 Å². The molecule has 0 saturated heterocycles. The van der Waals surface area contributed by atoms with Gasteiger partial charge in [-0.25, -0.2) is 10.4 Å². The molecule has 1 heterocycles. The summed E-state index contributed by atoms with van der Waals surface area (Å²) in [5.74, 6) is 0.770. The number of nitrogens with two attached hydrogens (primary N) is 1. The zero-order valence-corrected chi connectivity index (χ0v) is 11.6. The number of hydrogen-bond acceptors (Lipinski definition) is 5. The Hall–Kier alpha value is -2.05. The van der Waals surface area contributed by atoms with Crippen molar-refractivity contribution in [2.75, 3.05) is 14.2 Å². The van der Waals surface area contributed by atoms with Crippen LogP contribution < -0.4 is 10.2 Å². The molecular formula is C13H15N4OS+. The Labute approximate surface area is 115 Å². The molecule has 2 aromatic rings. The van der Waals surface area contributed by atoms with E-state index in [1.54, 1.807) is 18.7 Å². The van der Waals surface area contributed by atoms with Crippen LogP contribution in [0.4, 0.5) is 0 Å². The molecule has 3 N–H and O–H groups in total. The Bertz CT molecular complexity index is 575. The summed E-state index contributed by atoms with van der Waals surface area (Å²) in [5, 5.41) is 15.2. The molecule has 0 radical (unpaired) electrons. The fraction of sp³-hybridized carbons (Fsp3) is 0.154. The second kappa shape index (κ2) is 6.21. The number of aromatic nitrogens is 1. The van der Waals surface area contributed by atoms with E-state index in [1.165, 1.54) is 11.3 Å². The number of nitrogens with zero attached hydrogens (tertiary/aromatic N) is 2. The third kappa shape index (κ3) is 3.04. The van der Waals surface area contributed by atoms with Gasteiger partial charge in [-0.3, -0.25) is 5.41 Å². The lowest BCUT2D eigenvalue weighted by atomic mass is 10.1. The van der Waals surface area contributed by atoms with Gasteiger partial charge in [0.15, 0.2) is 5.71 Å². The van der Waals surface area contributed by atoms with E-state index < -0.39 is 0 Å². The first kappa shape index (κ1) is 13.4. The van der Waals surface area contributed by atoms with Gasteiger partial charge in [0.1, 0.15) is 10.8 Å². The normalized spacial score (nSPS) is 11.4. The van der Waals surface area contributed by atoms with Crippen molar-refractivity contribution >= 4 is 22.8 Å². The first-order chi connectivity index (χ1) is 9.26. The minimum atomic E-state index is 0.357. The minimum Gasteiger partial charge on any atom is -0.497 e. The fourth-order valence-electron chi connectivity index (χ4n) is 1.59. The van der Waals surface area contributed by atoms with E-state index in [1.807, 2.05) is 36.7 Å². The molecule has 0 atom stereocenters. The maximum atomic E-state index is 8.27. The smallest absolute Gasteiger partial charge is 0.179 e. The predicted molar refractivity (Wildman–Crippen MR) is 76.3 cm³/mol. The van der Waals surface area contributed by atoms with Crippen molar-refractivity contribution in [1.29, 1.82) is 5.41 Å².